The number of thiophene rings is 1. The van der Waals surface area contributed by atoms with Gasteiger partial charge >= 0.3 is 0 Å². The molecule has 0 bridgehead atoms. The molecular formula is C22H24N4O4S. The van der Waals surface area contributed by atoms with E-state index in [0.29, 0.717) is 39.6 Å². The van der Waals surface area contributed by atoms with Crippen LogP contribution < -0.4 is 15.6 Å². The molecule has 1 N–H and O–H groups in total. The summed E-state index contributed by atoms with van der Waals surface area (Å²) in [6.45, 7) is 5.96. The van der Waals surface area contributed by atoms with Gasteiger partial charge < -0.3 is 15.0 Å². The number of Topliss-reactive ketones (excluding diaryl/α,β-unsaturated/α-hetero) is 1. The molecule has 8 nitrogen and oxygen atoms in total. The molecule has 2 aromatic heterocycles. The number of aryl methyl sites for hydroxylation is 2. The first-order valence-corrected chi connectivity index (χ1v) is 10.8. The summed E-state index contributed by atoms with van der Waals surface area (Å²) in [5.74, 6) is 0.545. The van der Waals surface area contributed by atoms with Crippen LogP contribution in [-0.2, 0) is 11.3 Å². The van der Waals surface area contributed by atoms with E-state index >= 15 is 0 Å². The van der Waals surface area contributed by atoms with Crippen molar-refractivity contribution in [2.24, 2.45) is 0 Å². The minimum absolute atomic E-state index is 0.0505. The maximum Gasteiger partial charge on any atom is 0.263 e. The molecule has 1 amide bonds. The van der Waals surface area contributed by atoms with Crippen molar-refractivity contribution in [3.8, 4) is 5.75 Å². The molecular weight excluding hydrogens is 416 g/mol. The van der Waals surface area contributed by atoms with Crippen LogP contribution in [-0.4, -0.2) is 46.8 Å². The zero-order valence-corrected chi connectivity index (χ0v) is 18.9. The Morgan fingerprint density at radius 1 is 1.32 bits per heavy atom. The van der Waals surface area contributed by atoms with Crippen molar-refractivity contribution in [2.45, 2.75) is 33.4 Å². The van der Waals surface area contributed by atoms with Crippen LogP contribution in [0, 0.1) is 13.8 Å². The van der Waals surface area contributed by atoms with Crippen LogP contribution in [0.1, 0.15) is 39.6 Å². The zero-order valence-electron chi connectivity index (χ0n) is 18.1. The lowest BCUT2D eigenvalue weighted by Gasteiger charge is -2.22. The minimum Gasteiger partial charge on any atom is -0.482 e. The average molecular weight is 441 g/mol. The standard InChI is InChI=1S/C22H24N4O4S/c1-11-13(3)31-21-19(11)22(29)26(17(24-21)9-25(4)5)12(2)20(28)14-6-7-16-15(8-14)23-18(27)10-30-16/h6-8,12H,9-10H2,1-5H3,(H,23,27). The van der Waals surface area contributed by atoms with Crippen LogP contribution in [0.4, 0.5) is 5.69 Å². The van der Waals surface area contributed by atoms with Crippen LogP contribution in [0.25, 0.3) is 10.2 Å². The number of hydrogen-bond acceptors (Lipinski definition) is 7. The molecule has 9 heteroatoms. The van der Waals surface area contributed by atoms with Gasteiger partial charge in [-0.3, -0.25) is 19.0 Å². The Kier molecular flexibility index (Phi) is 5.40. The number of nitrogens with one attached hydrogen (secondary N) is 1. The number of ketones is 1. The minimum atomic E-state index is -0.766. The number of aromatic nitrogens is 2. The average Bonchev–Trinajstić information content (AvgIpc) is 2.99. The normalized spacial score (nSPS) is 14.3. The number of nitrogens with zero attached hydrogens (tertiary/aromatic N) is 3. The van der Waals surface area contributed by atoms with E-state index in [2.05, 4.69) is 5.32 Å². The molecule has 1 unspecified atom stereocenters. The van der Waals surface area contributed by atoms with E-state index in [4.69, 9.17) is 9.72 Å². The molecule has 162 valence electrons. The molecule has 0 saturated carbocycles. The molecule has 0 spiro atoms. The topological polar surface area (TPSA) is 93.5 Å². The van der Waals surface area contributed by atoms with E-state index in [0.717, 1.165) is 10.4 Å². The highest BCUT2D eigenvalue weighted by Gasteiger charge is 2.26. The van der Waals surface area contributed by atoms with Crippen molar-refractivity contribution < 1.29 is 14.3 Å². The van der Waals surface area contributed by atoms with Gasteiger partial charge in [0.2, 0.25) is 0 Å². The molecule has 1 aliphatic heterocycles. The lowest BCUT2D eigenvalue weighted by Crippen LogP contribution is -2.34. The summed E-state index contributed by atoms with van der Waals surface area (Å²) >= 11 is 1.49. The first kappa shape index (κ1) is 21.2. The van der Waals surface area contributed by atoms with E-state index in [1.807, 2.05) is 32.8 Å². The van der Waals surface area contributed by atoms with Gasteiger partial charge in [-0.25, -0.2) is 4.98 Å². The molecule has 0 saturated heterocycles. The smallest absolute Gasteiger partial charge is 0.263 e. The number of amides is 1. The van der Waals surface area contributed by atoms with Crippen molar-refractivity contribution in [3.63, 3.8) is 0 Å². The van der Waals surface area contributed by atoms with Gasteiger partial charge in [0.15, 0.2) is 12.4 Å². The number of fused-ring (bicyclic) bond motifs is 2. The number of hydrogen-bond donors (Lipinski definition) is 1. The van der Waals surface area contributed by atoms with Crippen molar-refractivity contribution in [1.82, 2.24) is 14.5 Å². The summed E-state index contributed by atoms with van der Waals surface area (Å²) in [5.41, 5.74) is 1.53. The lowest BCUT2D eigenvalue weighted by atomic mass is 10.0. The molecule has 0 radical (unpaired) electrons. The molecule has 1 aliphatic rings. The highest BCUT2D eigenvalue weighted by molar-refractivity contribution is 7.18. The summed E-state index contributed by atoms with van der Waals surface area (Å²) in [5, 5.41) is 3.28. The Morgan fingerprint density at radius 3 is 2.77 bits per heavy atom. The Hall–Kier alpha value is -3.04. The molecule has 3 heterocycles. The van der Waals surface area contributed by atoms with Crippen LogP contribution in [0.5, 0.6) is 5.75 Å². The van der Waals surface area contributed by atoms with Gasteiger partial charge in [0.05, 0.1) is 23.7 Å². The van der Waals surface area contributed by atoms with Crippen LogP contribution >= 0.6 is 11.3 Å². The number of carbonyl (C=O) groups is 2. The van der Waals surface area contributed by atoms with Crippen LogP contribution in [0.3, 0.4) is 0 Å². The molecule has 1 atom stereocenters. The fourth-order valence-electron chi connectivity index (χ4n) is 3.74. The second-order valence-electron chi connectivity index (χ2n) is 7.99. The second kappa shape index (κ2) is 7.90. The summed E-state index contributed by atoms with van der Waals surface area (Å²) < 4.78 is 6.87. The van der Waals surface area contributed by atoms with Gasteiger partial charge in [-0.15, -0.1) is 11.3 Å². The fraction of sp³-hybridized carbons (Fsp3) is 0.364. The number of rotatable bonds is 5. The first-order chi connectivity index (χ1) is 14.7. The molecule has 0 fully saturated rings. The summed E-state index contributed by atoms with van der Waals surface area (Å²) in [7, 11) is 3.79. The Bertz CT molecular complexity index is 1270. The predicted octanol–water partition coefficient (Wildman–Crippen LogP) is 2.91. The van der Waals surface area contributed by atoms with Crippen molar-refractivity contribution >= 4 is 38.9 Å². The van der Waals surface area contributed by atoms with Crippen molar-refractivity contribution in [3.05, 3.63) is 50.4 Å². The van der Waals surface area contributed by atoms with E-state index < -0.39 is 6.04 Å². The second-order valence-corrected chi connectivity index (χ2v) is 9.20. The van der Waals surface area contributed by atoms with Crippen LogP contribution in [0.2, 0.25) is 0 Å². The molecule has 4 rings (SSSR count). The molecule has 0 aliphatic carbocycles. The molecule has 3 aromatic rings. The van der Waals surface area contributed by atoms with Crippen molar-refractivity contribution in [2.75, 3.05) is 26.0 Å². The predicted molar refractivity (Wildman–Crippen MR) is 120 cm³/mol. The first-order valence-electron chi connectivity index (χ1n) is 9.94. The number of ether oxygens (including phenoxy) is 1. The zero-order chi connectivity index (χ0) is 22.4. The largest absolute Gasteiger partial charge is 0.482 e. The number of carbonyl (C=O) groups excluding carboxylic acids is 2. The number of benzene rings is 1. The van der Waals surface area contributed by atoms with E-state index in [9.17, 15) is 14.4 Å². The molecule has 1 aromatic carbocycles. The van der Waals surface area contributed by atoms with Gasteiger partial charge in [-0.1, -0.05) is 0 Å². The Balaban J connectivity index is 1.82. The maximum atomic E-state index is 13.5. The molecule has 31 heavy (non-hydrogen) atoms. The maximum absolute atomic E-state index is 13.5. The van der Waals surface area contributed by atoms with Crippen LogP contribution in [0.15, 0.2) is 23.0 Å². The lowest BCUT2D eigenvalue weighted by molar-refractivity contribution is -0.118. The highest BCUT2D eigenvalue weighted by Crippen LogP contribution is 2.31. The van der Waals surface area contributed by atoms with Gasteiger partial charge in [-0.2, -0.15) is 0 Å². The summed E-state index contributed by atoms with van der Waals surface area (Å²) in [4.78, 5) is 46.9. The number of anilines is 1. The summed E-state index contributed by atoms with van der Waals surface area (Å²) in [6.07, 6.45) is 0. The van der Waals surface area contributed by atoms with Gasteiger partial charge in [-0.05, 0) is 58.6 Å². The highest BCUT2D eigenvalue weighted by atomic mass is 32.1. The third kappa shape index (κ3) is 3.75. The van der Waals surface area contributed by atoms with Gasteiger partial charge in [0.25, 0.3) is 11.5 Å². The monoisotopic (exact) mass is 440 g/mol. The summed E-state index contributed by atoms with van der Waals surface area (Å²) in [6, 6.07) is 4.13. The van der Waals surface area contributed by atoms with Gasteiger partial charge in [0.1, 0.15) is 16.4 Å². The van der Waals surface area contributed by atoms with Crippen molar-refractivity contribution in [1.29, 1.82) is 0 Å². The van der Waals surface area contributed by atoms with E-state index in [-0.39, 0.29) is 23.9 Å². The SMILES string of the molecule is Cc1sc2nc(CN(C)C)n(C(C)C(=O)c3ccc4c(c3)NC(=O)CO4)c(=O)c2c1C. The van der Waals surface area contributed by atoms with E-state index in [1.165, 1.54) is 15.9 Å². The third-order valence-electron chi connectivity index (χ3n) is 5.43. The Labute approximate surface area is 183 Å². The fourth-order valence-corrected chi connectivity index (χ4v) is 4.78. The third-order valence-corrected chi connectivity index (χ3v) is 6.53. The quantitative estimate of drug-likeness (QED) is 0.613. The Morgan fingerprint density at radius 2 is 2.06 bits per heavy atom. The van der Waals surface area contributed by atoms with Gasteiger partial charge in [0, 0.05) is 10.4 Å². The van der Waals surface area contributed by atoms with E-state index in [1.54, 1.807) is 25.1 Å².